The van der Waals surface area contributed by atoms with Crippen molar-refractivity contribution in [1.29, 1.82) is 0 Å². The molecule has 1 atom stereocenters. The van der Waals surface area contributed by atoms with Crippen molar-refractivity contribution >= 4 is 28.8 Å². The van der Waals surface area contributed by atoms with Crippen LogP contribution in [0.1, 0.15) is 42.6 Å². The third-order valence-corrected chi connectivity index (χ3v) is 6.09. The standard InChI is InChI=1S/C19H18ClFN2OS/c20-14-10-13(7-8-15(14)21)18-22-16(11-25-18)19(24)23-9-3-5-12-4-1-2-6-17(12)23/h6-8,10-12H,1-5,9H2. The van der Waals surface area contributed by atoms with Crippen LogP contribution in [-0.2, 0) is 0 Å². The lowest BCUT2D eigenvalue weighted by molar-refractivity contribution is 0.0744. The van der Waals surface area contributed by atoms with E-state index >= 15 is 0 Å². The molecule has 2 aromatic rings. The van der Waals surface area contributed by atoms with Crippen LogP contribution in [0, 0.1) is 11.7 Å². The fourth-order valence-electron chi connectivity index (χ4n) is 3.67. The van der Waals surface area contributed by atoms with Crippen LogP contribution in [0.2, 0.25) is 5.02 Å². The van der Waals surface area contributed by atoms with Gasteiger partial charge in [0.15, 0.2) is 0 Å². The fraction of sp³-hybridized carbons (Fsp3) is 0.368. The van der Waals surface area contributed by atoms with Gasteiger partial charge in [0.2, 0.25) is 0 Å². The number of aromatic nitrogens is 1. The van der Waals surface area contributed by atoms with Gasteiger partial charge >= 0.3 is 0 Å². The highest BCUT2D eigenvalue weighted by Gasteiger charge is 2.31. The Balaban J connectivity index is 1.60. The molecule has 1 aliphatic heterocycles. The van der Waals surface area contributed by atoms with Gasteiger partial charge in [0.05, 0.1) is 5.02 Å². The molecule has 1 fully saturated rings. The first kappa shape index (κ1) is 16.7. The van der Waals surface area contributed by atoms with Crippen molar-refractivity contribution < 1.29 is 9.18 Å². The van der Waals surface area contributed by atoms with Crippen LogP contribution in [0.4, 0.5) is 4.39 Å². The summed E-state index contributed by atoms with van der Waals surface area (Å²) in [5.41, 5.74) is 2.36. The second-order valence-electron chi connectivity index (χ2n) is 6.52. The maximum atomic E-state index is 13.3. The molecule has 25 heavy (non-hydrogen) atoms. The Morgan fingerprint density at radius 3 is 3.00 bits per heavy atom. The lowest BCUT2D eigenvalue weighted by Crippen LogP contribution is -2.39. The van der Waals surface area contributed by atoms with Crippen molar-refractivity contribution in [2.75, 3.05) is 6.54 Å². The highest BCUT2D eigenvalue weighted by molar-refractivity contribution is 7.13. The lowest BCUT2D eigenvalue weighted by Gasteiger charge is -2.37. The molecule has 0 radical (unpaired) electrons. The molecule has 1 amide bonds. The summed E-state index contributed by atoms with van der Waals surface area (Å²) in [6, 6.07) is 4.50. The van der Waals surface area contributed by atoms with E-state index < -0.39 is 5.82 Å². The van der Waals surface area contributed by atoms with E-state index in [1.54, 1.807) is 17.5 Å². The van der Waals surface area contributed by atoms with Crippen LogP contribution >= 0.6 is 22.9 Å². The highest BCUT2D eigenvalue weighted by atomic mass is 35.5. The van der Waals surface area contributed by atoms with Crippen molar-refractivity contribution in [2.24, 2.45) is 5.92 Å². The molecule has 1 saturated heterocycles. The number of piperidine rings is 1. The summed E-state index contributed by atoms with van der Waals surface area (Å²) in [7, 11) is 0. The maximum absolute atomic E-state index is 13.3. The molecule has 4 rings (SSSR count). The number of nitrogens with zero attached hydrogens (tertiary/aromatic N) is 2. The molecule has 1 aromatic heterocycles. The van der Waals surface area contributed by atoms with Crippen LogP contribution < -0.4 is 0 Å². The van der Waals surface area contributed by atoms with E-state index in [2.05, 4.69) is 11.1 Å². The van der Waals surface area contributed by atoms with Gasteiger partial charge in [0.1, 0.15) is 16.5 Å². The van der Waals surface area contributed by atoms with E-state index in [1.807, 2.05) is 4.90 Å². The monoisotopic (exact) mass is 376 g/mol. The number of hydrogen-bond acceptors (Lipinski definition) is 3. The molecule has 2 heterocycles. The third kappa shape index (κ3) is 3.23. The molecule has 1 unspecified atom stereocenters. The van der Waals surface area contributed by atoms with E-state index in [9.17, 15) is 9.18 Å². The smallest absolute Gasteiger partial charge is 0.277 e. The topological polar surface area (TPSA) is 33.2 Å². The van der Waals surface area contributed by atoms with E-state index in [4.69, 9.17) is 11.6 Å². The van der Waals surface area contributed by atoms with Crippen molar-refractivity contribution in [3.05, 3.63) is 51.9 Å². The minimum atomic E-state index is -0.457. The molecule has 0 spiro atoms. The van der Waals surface area contributed by atoms with Gasteiger partial charge < -0.3 is 4.90 Å². The third-order valence-electron chi connectivity index (χ3n) is 4.91. The highest BCUT2D eigenvalue weighted by Crippen LogP contribution is 2.36. The number of likely N-dealkylation sites (tertiary alicyclic amines) is 1. The summed E-state index contributed by atoms with van der Waals surface area (Å²) in [5.74, 6) is 0.0240. The van der Waals surface area contributed by atoms with Crippen LogP contribution in [0.25, 0.3) is 10.6 Å². The SMILES string of the molecule is O=C(c1csc(-c2ccc(F)c(Cl)c2)n1)N1CCCC2CCCC=C21. The van der Waals surface area contributed by atoms with Crippen LogP contribution in [-0.4, -0.2) is 22.3 Å². The molecule has 2 aliphatic rings. The average molecular weight is 377 g/mol. The quantitative estimate of drug-likeness (QED) is 0.691. The zero-order chi connectivity index (χ0) is 17.4. The van der Waals surface area contributed by atoms with Crippen molar-refractivity contribution in [1.82, 2.24) is 9.88 Å². The van der Waals surface area contributed by atoms with Gasteiger partial charge in [0, 0.05) is 23.2 Å². The first-order valence-corrected chi connectivity index (χ1v) is 9.82. The molecule has 6 heteroatoms. The van der Waals surface area contributed by atoms with E-state index in [0.717, 1.165) is 24.9 Å². The predicted octanol–water partition coefficient (Wildman–Crippen LogP) is 5.52. The normalized spacial score (nSPS) is 20.2. The molecular weight excluding hydrogens is 359 g/mol. The summed E-state index contributed by atoms with van der Waals surface area (Å²) in [4.78, 5) is 19.4. The first-order valence-electron chi connectivity index (χ1n) is 8.56. The summed E-state index contributed by atoms with van der Waals surface area (Å²) in [6.45, 7) is 0.760. The second-order valence-corrected chi connectivity index (χ2v) is 7.79. The van der Waals surface area contributed by atoms with Gasteiger partial charge in [-0.25, -0.2) is 9.37 Å². The molecule has 130 valence electrons. The summed E-state index contributed by atoms with van der Waals surface area (Å²) >= 11 is 7.23. The Kier molecular flexibility index (Phi) is 4.61. The first-order chi connectivity index (χ1) is 12.1. The van der Waals surface area contributed by atoms with E-state index in [0.29, 0.717) is 16.6 Å². The minimum absolute atomic E-state index is 0.0337. The van der Waals surface area contributed by atoms with Crippen LogP contribution in [0.5, 0.6) is 0 Å². The molecule has 1 aromatic carbocycles. The molecule has 0 N–H and O–H groups in total. The zero-order valence-electron chi connectivity index (χ0n) is 13.7. The van der Waals surface area contributed by atoms with Gasteiger partial charge in [0.25, 0.3) is 5.91 Å². The molecular formula is C19H18ClFN2OS. The second kappa shape index (κ2) is 6.89. The summed E-state index contributed by atoms with van der Waals surface area (Å²) < 4.78 is 13.3. The molecule has 0 bridgehead atoms. The van der Waals surface area contributed by atoms with E-state index in [-0.39, 0.29) is 10.9 Å². The number of allylic oxidation sites excluding steroid dienone is 2. The van der Waals surface area contributed by atoms with Gasteiger partial charge in [-0.2, -0.15) is 0 Å². The van der Waals surface area contributed by atoms with Gasteiger partial charge in [-0.15, -0.1) is 11.3 Å². The molecule has 3 nitrogen and oxygen atoms in total. The van der Waals surface area contributed by atoms with Crippen molar-refractivity contribution in [2.45, 2.75) is 32.1 Å². The number of amides is 1. The fourth-order valence-corrected chi connectivity index (χ4v) is 4.64. The minimum Gasteiger partial charge on any atom is -0.311 e. The molecule has 0 saturated carbocycles. The Morgan fingerprint density at radius 1 is 1.32 bits per heavy atom. The Morgan fingerprint density at radius 2 is 2.16 bits per heavy atom. The Bertz CT molecular complexity index is 848. The van der Waals surface area contributed by atoms with Crippen molar-refractivity contribution in [3.8, 4) is 10.6 Å². The summed E-state index contributed by atoms with van der Waals surface area (Å²) in [6.07, 6.45) is 7.86. The van der Waals surface area contributed by atoms with Gasteiger partial charge in [-0.3, -0.25) is 4.79 Å². The Labute approximate surface area is 155 Å². The number of carbonyl (C=O) groups is 1. The number of fused-ring (bicyclic) bond motifs is 1. The number of hydrogen-bond donors (Lipinski definition) is 0. The molecule has 1 aliphatic carbocycles. The lowest BCUT2D eigenvalue weighted by atomic mass is 9.85. The van der Waals surface area contributed by atoms with Crippen LogP contribution in [0.3, 0.4) is 0 Å². The van der Waals surface area contributed by atoms with Crippen molar-refractivity contribution in [3.63, 3.8) is 0 Å². The van der Waals surface area contributed by atoms with Gasteiger partial charge in [-0.05, 0) is 56.2 Å². The largest absolute Gasteiger partial charge is 0.311 e. The average Bonchev–Trinajstić information content (AvgIpc) is 3.13. The Hall–Kier alpha value is -1.72. The summed E-state index contributed by atoms with van der Waals surface area (Å²) in [5, 5.41) is 2.52. The number of halogens is 2. The number of carbonyl (C=O) groups excluding carboxylic acids is 1. The van der Waals surface area contributed by atoms with Crippen LogP contribution in [0.15, 0.2) is 35.4 Å². The number of thiazole rings is 1. The number of rotatable bonds is 2. The van der Waals surface area contributed by atoms with Gasteiger partial charge in [-0.1, -0.05) is 17.7 Å². The maximum Gasteiger partial charge on any atom is 0.277 e. The van der Waals surface area contributed by atoms with E-state index in [1.165, 1.54) is 42.4 Å². The zero-order valence-corrected chi connectivity index (χ0v) is 15.2. The predicted molar refractivity (Wildman–Crippen MR) is 98.2 cm³/mol. The number of benzene rings is 1.